The van der Waals surface area contributed by atoms with Crippen LogP contribution in [0.15, 0.2) is 0 Å². The van der Waals surface area contributed by atoms with Crippen LogP contribution in [0.3, 0.4) is 0 Å². The molecule has 0 amide bonds. The molecule has 13 heavy (non-hydrogen) atoms. The highest BCUT2D eigenvalue weighted by atomic mass is 15.1. The molecule has 0 radical (unpaired) electrons. The Labute approximate surface area is 82.5 Å². The second-order valence-electron chi connectivity index (χ2n) is 5.46. The molecule has 80 valence electrons. The second-order valence-corrected chi connectivity index (χ2v) is 5.46. The Morgan fingerprint density at radius 3 is 1.38 bits per heavy atom. The molecule has 0 aromatic rings. The zero-order chi connectivity index (χ0) is 10.9. The van der Waals surface area contributed by atoms with E-state index in [1.807, 2.05) is 41.8 Å². The van der Waals surface area contributed by atoms with E-state index in [9.17, 15) is 0 Å². The fourth-order valence-electron chi connectivity index (χ4n) is 1.79. The van der Waals surface area contributed by atoms with Crippen LogP contribution in [-0.2, 0) is 0 Å². The molecular formula is C10H25N3. The van der Waals surface area contributed by atoms with Gasteiger partial charge in [0.15, 0.2) is 0 Å². The highest BCUT2D eigenvalue weighted by Crippen LogP contribution is 2.24. The van der Waals surface area contributed by atoms with E-state index < -0.39 is 0 Å². The van der Waals surface area contributed by atoms with E-state index in [0.717, 1.165) is 6.54 Å². The normalized spacial score (nSPS) is 14.3. The van der Waals surface area contributed by atoms with Gasteiger partial charge in [-0.05, 0) is 41.8 Å². The van der Waals surface area contributed by atoms with Crippen LogP contribution in [0.1, 0.15) is 27.7 Å². The molecule has 0 aliphatic carbocycles. The molecular weight excluding hydrogens is 162 g/mol. The van der Waals surface area contributed by atoms with Gasteiger partial charge in [-0.1, -0.05) is 0 Å². The van der Waals surface area contributed by atoms with Crippen LogP contribution >= 0.6 is 0 Å². The minimum atomic E-state index is -0.234. The van der Waals surface area contributed by atoms with Gasteiger partial charge in [0.25, 0.3) is 0 Å². The van der Waals surface area contributed by atoms with Crippen LogP contribution in [-0.4, -0.2) is 36.6 Å². The lowest BCUT2D eigenvalue weighted by Gasteiger charge is -2.41. The molecule has 0 atom stereocenters. The molecule has 0 spiro atoms. The van der Waals surface area contributed by atoms with Crippen molar-refractivity contribution in [3.05, 3.63) is 0 Å². The van der Waals surface area contributed by atoms with Crippen molar-refractivity contribution in [3.8, 4) is 0 Å². The average Bonchev–Trinajstić information content (AvgIpc) is 1.77. The summed E-state index contributed by atoms with van der Waals surface area (Å²) in [4.78, 5) is 2.13. The van der Waals surface area contributed by atoms with E-state index in [2.05, 4.69) is 4.90 Å². The lowest BCUT2D eigenvalue weighted by atomic mass is 9.75. The first-order valence-electron chi connectivity index (χ1n) is 4.77. The largest absolute Gasteiger partial charge is 0.325 e. The molecule has 0 unspecified atom stereocenters. The van der Waals surface area contributed by atoms with Crippen molar-refractivity contribution in [2.75, 3.05) is 20.6 Å². The molecule has 0 heterocycles. The molecule has 0 saturated heterocycles. The van der Waals surface area contributed by atoms with Crippen molar-refractivity contribution in [2.24, 2.45) is 17.4 Å². The summed E-state index contributed by atoms with van der Waals surface area (Å²) < 4.78 is 0. The third kappa shape index (κ3) is 4.60. The average molecular weight is 187 g/mol. The molecule has 0 rings (SSSR count). The van der Waals surface area contributed by atoms with Crippen LogP contribution in [0, 0.1) is 5.92 Å². The molecule has 0 aromatic carbocycles. The highest BCUT2D eigenvalue weighted by Gasteiger charge is 2.35. The van der Waals surface area contributed by atoms with Gasteiger partial charge in [-0.3, -0.25) is 0 Å². The first kappa shape index (κ1) is 12.9. The Morgan fingerprint density at radius 2 is 1.31 bits per heavy atom. The van der Waals surface area contributed by atoms with Crippen molar-refractivity contribution in [1.82, 2.24) is 4.90 Å². The van der Waals surface area contributed by atoms with Crippen LogP contribution in [0.25, 0.3) is 0 Å². The maximum atomic E-state index is 6.11. The molecule has 0 aliphatic rings. The van der Waals surface area contributed by atoms with E-state index in [0.29, 0.717) is 0 Å². The minimum absolute atomic E-state index is 0.234. The van der Waals surface area contributed by atoms with Crippen molar-refractivity contribution >= 4 is 0 Å². The number of nitrogens with zero attached hydrogens (tertiary/aromatic N) is 1. The minimum Gasteiger partial charge on any atom is -0.325 e. The third-order valence-electron chi connectivity index (χ3n) is 2.34. The molecule has 0 saturated carbocycles. The predicted molar refractivity (Wildman–Crippen MR) is 58.6 cm³/mol. The summed E-state index contributed by atoms with van der Waals surface area (Å²) in [5, 5.41) is 0. The highest BCUT2D eigenvalue weighted by molar-refractivity contribution is 4.96. The van der Waals surface area contributed by atoms with E-state index in [-0.39, 0.29) is 17.0 Å². The van der Waals surface area contributed by atoms with Gasteiger partial charge in [0, 0.05) is 23.5 Å². The smallest absolute Gasteiger partial charge is 0.0155 e. The SMILES string of the molecule is CN(C)CC(C(C)(C)N)C(C)(C)N. The summed E-state index contributed by atoms with van der Waals surface area (Å²) >= 11 is 0. The topological polar surface area (TPSA) is 55.3 Å². The summed E-state index contributed by atoms with van der Waals surface area (Å²) in [6.07, 6.45) is 0. The van der Waals surface area contributed by atoms with Gasteiger partial charge in [0.2, 0.25) is 0 Å². The van der Waals surface area contributed by atoms with Crippen molar-refractivity contribution in [2.45, 2.75) is 38.8 Å². The van der Waals surface area contributed by atoms with Gasteiger partial charge < -0.3 is 16.4 Å². The lowest BCUT2D eigenvalue weighted by molar-refractivity contribution is 0.160. The summed E-state index contributed by atoms with van der Waals surface area (Å²) in [5.74, 6) is 0.287. The zero-order valence-corrected chi connectivity index (χ0v) is 9.89. The van der Waals surface area contributed by atoms with E-state index in [1.54, 1.807) is 0 Å². The van der Waals surface area contributed by atoms with E-state index in [1.165, 1.54) is 0 Å². The van der Waals surface area contributed by atoms with Crippen molar-refractivity contribution < 1.29 is 0 Å². The predicted octanol–water partition coefficient (Wildman–Crippen LogP) is 0.639. The third-order valence-corrected chi connectivity index (χ3v) is 2.34. The summed E-state index contributed by atoms with van der Waals surface area (Å²) in [6.45, 7) is 9.07. The van der Waals surface area contributed by atoms with Gasteiger partial charge in [-0.15, -0.1) is 0 Å². The maximum absolute atomic E-state index is 6.11. The Morgan fingerprint density at radius 1 is 1.00 bits per heavy atom. The Hall–Kier alpha value is -0.120. The maximum Gasteiger partial charge on any atom is 0.0155 e. The van der Waals surface area contributed by atoms with Crippen LogP contribution in [0.5, 0.6) is 0 Å². The first-order valence-corrected chi connectivity index (χ1v) is 4.77. The summed E-state index contributed by atoms with van der Waals surface area (Å²) in [6, 6.07) is 0. The molecule has 3 nitrogen and oxygen atoms in total. The Balaban J connectivity index is 4.58. The quantitative estimate of drug-likeness (QED) is 0.679. The van der Waals surface area contributed by atoms with Crippen molar-refractivity contribution in [1.29, 1.82) is 0 Å². The summed E-state index contributed by atoms with van der Waals surface area (Å²) in [5.41, 5.74) is 11.7. The lowest BCUT2D eigenvalue weighted by Crippen LogP contribution is -2.58. The molecule has 0 bridgehead atoms. The summed E-state index contributed by atoms with van der Waals surface area (Å²) in [7, 11) is 4.09. The molecule has 3 heteroatoms. The van der Waals surface area contributed by atoms with Crippen LogP contribution < -0.4 is 11.5 Å². The van der Waals surface area contributed by atoms with Gasteiger partial charge in [-0.25, -0.2) is 0 Å². The van der Waals surface area contributed by atoms with Crippen LogP contribution in [0.4, 0.5) is 0 Å². The number of hydrogen-bond acceptors (Lipinski definition) is 3. The molecule has 0 fully saturated rings. The van der Waals surface area contributed by atoms with Crippen LogP contribution in [0.2, 0.25) is 0 Å². The Bertz CT molecular complexity index is 137. The first-order chi connectivity index (χ1) is 5.55. The van der Waals surface area contributed by atoms with E-state index in [4.69, 9.17) is 11.5 Å². The number of nitrogens with two attached hydrogens (primary N) is 2. The van der Waals surface area contributed by atoms with E-state index >= 15 is 0 Å². The number of rotatable bonds is 4. The standard InChI is InChI=1S/C10H25N3/c1-9(2,11)8(7-13(5)6)10(3,4)12/h8H,7,11-12H2,1-6H3. The molecule has 0 aliphatic heterocycles. The van der Waals surface area contributed by atoms with Gasteiger partial charge in [0.1, 0.15) is 0 Å². The monoisotopic (exact) mass is 187 g/mol. The second kappa shape index (κ2) is 3.95. The van der Waals surface area contributed by atoms with Crippen molar-refractivity contribution in [3.63, 3.8) is 0 Å². The fraction of sp³-hybridized carbons (Fsp3) is 1.00. The molecule has 0 aromatic heterocycles. The zero-order valence-electron chi connectivity index (χ0n) is 9.89. The van der Waals surface area contributed by atoms with Gasteiger partial charge >= 0.3 is 0 Å². The van der Waals surface area contributed by atoms with Gasteiger partial charge in [0.05, 0.1) is 0 Å². The Kier molecular flexibility index (Phi) is 3.91. The molecule has 4 N–H and O–H groups in total. The fourth-order valence-corrected chi connectivity index (χ4v) is 1.79. The number of hydrogen-bond donors (Lipinski definition) is 2. The van der Waals surface area contributed by atoms with Gasteiger partial charge in [-0.2, -0.15) is 0 Å².